The van der Waals surface area contributed by atoms with E-state index in [0.717, 1.165) is 0 Å². The first-order chi connectivity index (χ1) is 8.66. The normalized spacial score (nSPS) is 16.9. The molecule has 0 bridgehead atoms. The number of hydrogen-bond acceptors (Lipinski definition) is 0. The molecule has 1 atom stereocenters. The molecular formula is C18H18. The molecule has 90 valence electrons. The van der Waals surface area contributed by atoms with Crippen LogP contribution in [-0.2, 0) is 0 Å². The standard InChI is InChI=1S/C18H18/c1-12-10-13(2)18(14(3)11-12)17-9-8-15-6-4-5-7-16(15)17/h4-11,17H,1-3H3. The second-order valence-electron chi connectivity index (χ2n) is 5.28. The fraction of sp³-hybridized carbons (Fsp3) is 0.222. The topological polar surface area (TPSA) is 0 Å². The molecule has 1 unspecified atom stereocenters. The summed E-state index contributed by atoms with van der Waals surface area (Å²) in [5.41, 5.74) is 8.43. The van der Waals surface area contributed by atoms with Gasteiger partial charge in [0.25, 0.3) is 0 Å². The molecule has 0 spiro atoms. The van der Waals surface area contributed by atoms with Crippen LogP contribution in [-0.4, -0.2) is 0 Å². The first-order valence-electron chi connectivity index (χ1n) is 6.51. The van der Waals surface area contributed by atoms with Crippen molar-refractivity contribution in [2.45, 2.75) is 26.7 Å². The first kappa shape index (κ1) is 11.3. The molecule has 3 rings (SSSR count). The number of rotatable bonds is 1. The van der Waals surface area contributed by atoms with Gasteiger partial charge in [-0.15, -0.1) is 0 Å². The Morgan fingerprint density at radius 3 is 2.28 bits per heavy atom. The molecule has 1 aliphatic rings. The van der Waals surface area contributed by atoms with Crippen molar-refractivity contribution in [1.82, 2.24) is 0 Å². The molecule has 18 heavy (non-hydrogen) atoms. The molecule has 0 heterocycles. The van der Waals surface area contributed by atoms with Gasteiger partial charge in [0.05, 0.1) is 0 Å². The third kappa shape index (κ3) is 1.69. The third-order valence-electron chi connectivity index (χ3n) is 3.85. The molecule has 0 radical (unpaired) electrons. The monoisotopic (exact) mass is 234 g/mol. The highest BCUT2D eigenvalue weighted by atomic mass is 14.2. The van der Waals surface area contributed by atoms with Crippen LogP contribution in [0, 0.1) is 20.8 Å². The van der Waals surface area contributed by atoms with Gasteiger partial charge < -0.3 is 0 Å². The van der Waals surface area contributed by atoms with Crippen LogP contribution in [0.3, 0.4) is 0 Å². The van der Waals surface area contributed by atoms with Crippen molar-refractivity contribution < 1.29 is 0 Å². The fourth-order valence-electron chi connectivity index (χ4n) is 3.18. The van der Waals surface area contributed by atoms with E-state index in [9.17, 15) is 0 Å². The molecule has 1 aliphatic carbocycles. The van der Waals surface area contributed by atoms with Gasteiger partial charge in [0, 0.05) is 5.92 Å². The molecule has 0 fully saturated rings. The van der Waals surface area contributed by atoms with Crippen molar-refractivity contribution in [2.75, 3.05) is 0 Å². The number of allylic oxidation sites excluding steroid dienone is 1. The van der Waals surface area contributed by atoms with E-state index >= 15 is 0 Å². The van der Waals surface area contributed by atoms with Gasteiger partial charge in [-0.3, -0.25) is 0 Å². The summed E-state index contributed by atoms with van der Waals surface area (Å²) in [5.74, 6) is 0.432. The summed E-state index contributed by atoms with van der Waals surface area (Å²) in [6, 6.07) is 13.3. The highest BCUT2D eigenvalue weighted by Crippen LogP contribution is 2.38. The Hall–Kier alpha value is -1.82. The molecule has 0 aliphatic heterocycles. The van der Waals surface area contributed by atoms with Crippen molar-refractivity contribution in [3.8, 4) is 0 Å². The van der Waals surface area contributed by atoms with Crippen molar-refractivity contribution in [3.05, 3.63) is 75.9 Å². The highest BCUT2D eigenvalue weighted by Gasteiger charge is 2.21. The Morgan fingerprint density at radius 2 is 1.56 bits per heavy atom. The van der Waals surface area contributed by atoms with E-state index in [-0.39, 0.29) is 0 Å². The van der Waals surface area contributed by atoms with Gasteiger partial charge in [-0.25, -0.2) is 0 Å². The van der Waals surface area contributed by atoms with Crippen LogP contribution >= 0.6 is 0 Å². The van der Waals surface area contributed by atoms with E-state index in [2.05, 4.69) is 69.3 Å². The SMILES string of the molecule is Cc1cc(C)c(C2C=Cc3ccccc32)c(C)c1. The van der Waals surface area contributed by atoms with E-state index in [0.29, 0.717) is 5.92 Å². The molecule has 2 aromatic rings. The van der Waals surface area contributed by atoms with Gasteiger partial charge in [-0.1, -0.05) is 54.1 Å². The largest absolute Gasteiger partial charge is 0.0720 e. The Labute approximate surface area is 109 Å². The summed E-state index contributed by atoms with van der Waals surface area (Å²) in [6.07, 6.45) is 4.58. The maximum absolute atomic E-state index is 2.33. The summed E-state index contributed by atoms with van der Waals surface area (Å²) in [7, 11) is 0. The van der Waals surface area contributed by atoms with E-state index in [1.807, 2.05) is 0 Å². The molecule has 2 aromatic carbocycles. The second-order valence-corrected chi connectivity index (χ2v) is 5.28. The number of fused-ring (bicyclic) bond motifs is 1. The first-order valence-corrected chi connectivity index (χ1v) is 6.51. The molecule has 0 saturated carbocycles. The second kappa shape index (κ2) is 4.13. The van der Waals surface area contributed by atoms with Crippen LogP contribution in [0.2, 0.25) is 0 Å². The van der Waals surface area contributed by atoms with Gasteiger partial charge in [0.15, 0.2) is 0 Å². The third-order valence-corrected chi connectivity index (χ3v) is 3.85. The van der Waals surface area contributed by atoms with Gasteiger partial charge in [-0.2, -0.15) is 0 Å². The Balaban J connectivity index is 2.16. The lowest BCUT2D eigenvalue weighted by atomic mass is 9.86. The fourth-order valence-corrected chi connectivity index (χ4v) is 3.18. The van der Waals surface area contributed by atoms with Gasteiger partial charge >= 0.3 is 0 Å². The molecule has 0 saturated heterocycles. The number of benzene rings is 2. The van der Waals surface area contributed by atoms with E-state index in [1.165, 1.54) is 33.4 Å². The zero-order valence-electron chi connectivity index (χ0n) is 11.2. The summed E-state index contributed by atoms with van der Waals surface area (Å²) < 4.78 is 0. The highest BCUT2D eigenvalue weighted by molar-refractivity contribution is 5.66. The minimum atomic E-state index is 0.432. The van der Waals surface area contributed by atoms with Crippen LogP contribution in [0.5, 0.6) is 0 Å². The summed E-state index contributed by atoms with van der Waals surface area (Å²) in [5, 5.41) is 0. The van der Waals surface area contributed by atoms with Gasteiger partial charge in [0.1, 0.15) is 0 Å². The molecule has 0 aromatic heterocycles. The van der Waals surface area contributed by atoms with Crippen molar-refractivity contribution in [2.24, 2.45) is 0 Å². The van der Waals surface area contributed by atoms with Crippen molar-refractivity contribution in [3.63, 3.8) is 0 Å². The predicted molar refractivity (Wildman–Crippen MR) is 78.0 cm³/mol. The zero-order chi connectivity index (χ0) is 12.7. The molecule has 0 nitrogen and oxygen atoms in total. The van der Waals surface area contributed by atoms with Gasteiger partial charge in [0.2, 0.25) is 0 Å². The molecule has 0 heteroatoms. The van der Waals surface area contributed by atoms with Crippen molar-refractivity contribution in [1.29, 1.82) is 0 Å². The van der Waals surface area contributed by atoms with Crippen LogP contribution in [0.4, 0.5) is 0 Å². The van der Waals surface area contributed by atoms with Crippen LogP contribution in [0.15, 0.2) is 42.5 Å². The molecular weight excluding hydrogens is 216 g/mol. The average molecular weight is 234 g/mol. The van der Waals surface area contributed by atoms with Crippen LogP contribution in [0.25, 0.3) is 6.08 Å². The summed E-state index contributed by atoms with van der Waals surface area (Å²) in [4.78, 5) is 0. The molecule has 0 amide bonds. The zero-order valence-corrected chi connectivity index (χ0v) is 11.2. The Morgan fingerprint density at radius 1 is 0.889 bits per heavy atom. The average Bonchev–Trinajstić information content (AvgIpc) is 2.72. The van der Waals surface area contributed by atoms with E-state index in [4.69, 9.17) is 0 Å². The smallest absolute Gasteiger partial charge is 0.0283 e. The lowest BCUT2D eigenvalue weighted by Crippen LogP contribution is -2.02. The predicted octanol–water partition coefficient (Wildman–Crippen LogP) is 4.77. The Bertz CT molecular complexity index is 609. The lowest BCUT2D eigenvalue weighted by Gasteiger charge is -2.18. The van der Waals surface area contributed by atoms with Crippen LogP contribution < -0.4 is 0 Å². The number of hydrogen-bond donors (Lipinski definition) is 0. The molecule has 0 N–H and O–H groups in total. The Kier molecular flexibility index (Phi) is 2.59. The lowest BCUT2D eigenvalue weighted by molar-refractivity contribution is 1.00. The number of aryl methyl sites for hydroxylation is 3. The minimum absolute atomic E-state index is 0.432. The maximum atomic E-state index is 2.33. The minimum Gasteiger partial charge on any atom is -0.0720 e. The van der Waals surface area contributed by atoms with Gasteiger partial charge in [-0.05, 0) is 48.6 Å². The van der Waals surface area contributed by atoms with E-state index in [1.54, 1.807) is 0 Å². The maximum Gasteiger partial charge on any atom is 0.0283 e. The van der Waals surface area contributed by atoms with Crippen molar-refractivity contribution >= 4 is 6.08 Å². The van der Waals surface area contributed by atoms with E-state index < -0.39 is 0 Å². The summed E-state index contributed by atoms with van der Waals surface area (Å²) in [6.45, 7) is 6.62. The van der Waals surface area contributed by atoms with Crippen LogP contribution in [0.1, 0.15) is 39.3 Å². The quantitative estimate of drug-likeness (QED) is 0.666. The summed E-state index contributed by atoms with van der Waals surface area (Å²) >= 11 is 0.